The zero-order valence-electron chi connectivity index (χ0n) is 11.8. The lowest BCUT2D eigenvalue weighted by molar-refractivity contribution is -0.0120. The van der Waals surface area contributed by atoms with Crippen LogP contribution < -0.4 is 10.1 Å². The Morgan fingerprint density at radius 3 is 2.84 bits per heavy atom. The van der Waals surface area contributed by atoms with E-state index in [9.17, 15) is 0 Å². The summed E-state index contributed by atoms with van der Waals surface area (Å²) in [5, 5.41) is 4.23. The fourth-order valence-corrected chi connectivity index (χ4v) is 3.04. The molecular formula is C15H22ClNO2. The molecule has 4 heteroatoms. The van der Waals surface area contributed by atoms with Gasteiger partial charge in [0, 0.05) is 11.6 Å². The quantitative estimate of drug-likeness (QED) is 0.896. The SMILES string of the molecule is CCNC(c1ccc(OC)cc1Cl)C1(C)CCCO1. The van der Waals surface area contributed by atoms with Crippen molar-refractivity contribution in [1.82, 2.24) is 5.32 Å². The van der Waals surface area contributed by atoms with Gasteiger partial charge in [0.2, 0.25) is 0 Å². The number of hydrogen-bond donors (Lipinski definition) is 1. The van der Waals surface area contributed by atoms with E-state index in [4.69, 9.17) is 21.1 Å². The Kier molecular flexibility index (Phi) is 4.71. The minimum absolute atomic E-state index is 0.110. The lowest BCUT2D eigenvalue weighted by Gasteiger charge is -2.35. The molecule has 1 aromatic rings. The van der Waals surface area contributed by atoms with Gasteiger partial charge in [-0.25, -0.2) is 0 Å². The van der Waals surface area contributed by atoms with Crippen molar-refractivity contribution in [3.63, 3.8) is 0 Å². The summed E-state index contributed by atoms with van der Waals surface area (Å²) in [6.07, 6.45) is 2.15. The molecule has 0 radical (unpaired) electrons. The van der Waals surface area contributed by atoms with Gasteiger partial charge in [0.15, 0.2) is 0 Å². The highest BCUT2D eigenvalue weighted by Crippen LogP contribution is 2.40. The van der Waals surface area contributed by atoms with E-state index in [2.05, 4.69) is 19.2 Å². The third-order valence-electron chi connectivity index (χ3n) is 3.79. The molecule has 1 N–H and O–H groups in total. The molecule has 1 aromatic carbocycles. The smallest absolute Gasteiger partial charge is 0.120 e. The molecule has 2 rings (SSSR count). The number of nitrogens with one attached hydrogen (secondary N) is 1. The van der Waals surface area contributed by atoms with Gasteiger partial charge in [0.1, 0.15) is 5.75 Å². The molecule has 1 saturated heterocycles. The van der Waals surface area contributed by atoms with Crippen LogP contribution in [-0.2, 0) is 4.74 Å². The molecule has 2 unspecified atom stereocenters. The minimum Gasteiger partial charge on any atom is -0.497 e. The van der Waals surface area contributed by atoms with Gasteiger partial charge in [0.25, 0.3) is 0 Å². The van der Waals surface area contributed by atoms with E-state index in [1.165, 1.54) is 0 Å². The maximum atomic E-state index is 6.40. The van der Waals surface area contributed by atoms with Gasteiger partial charge >= 0.3 is 0 Å². The summed E-state index contributed by atoms with van der Waals surface area (Å²) in [5.41, 5.74) is 0.891. The molecule has 1 aliphatic heterocycles. The molecule has 0 amide bonds. The zero-order chi connectivity index (χ0) is 13.9. The van der Waals surface area contributed by atoms with Crippen molar-refractivity contribution < 1.29 is 9.47 Å². The van der Waals surface area contributed by atoms with Crippen LogP contribution in [0.4, 0.5) is 0 Å². The molecule has 2 atom stereocenters. The molecule has 0 aromatic heterocycles. The fourth-order valence-electron chi connectivity index (χ4n) is 2.76. The Labute approximate surface area is 120 Å². The summed E-state index contributed by atoms with van der Waals surface area (Å²) in [4.78, 5) is 0. The van der Waals surface area contributed by atoms with Crippen LogP contribution in [0.5, 0.6) is 5.75 Å². The van der Waals surface area contributed by atoms with Gasteiger partial charge in [-0.2, -0.15) is 0 Å². The van der Waals surface area contributed by atoms with Crippen molar-refractivity contribution >= 4 is 11.6 Å². The number of methoxy groups -OCH3 is 1. The molecule has 0 saturated carbocycles. The number of hydrogen-bond acceptors (Lipinski definition) is 3. The van der Waals surface area contributed by atoms with E-state index in [1.54, 1.807) is 7.11 Å². The van der Waals surface area contributed by atoms with Crippen LogP contribution in [0.3, 0.4) is 0 Å². The maximum Gasteiger partial charge on any atom is 0.120 e. The average molecular weight is 284 g/mol. The van der Waals surface area contributed by atoms with Crippen molar-refractivity contribution in [1.29, 1.82) is 0 Å². The Balaban J connectivity index is 2.33. The molecule has 0 spiro atoms. The van der Waals surface area contributed by atoms with Crippen molar-refractivity contribution in [2.45, 2.75) is 38.3 Å². The number of likely N-dealkylation sites (N-methyl/N-ethyl adjacent to an activating group) is 1. The average Bonchev–Trinajstić information content (AvgIpc) is 2.84. The second kappa shape index (κ2) is 6.12. The van der Waals surface area contributed by atoms with Gasteiger partial charge < -0.3 is 14.8 Å². The third kappa shape index (κ3) is 3.04. The van der Waals surface area contributed by atoms with Crippen LogP contribution in [0.1, 0.15) is 38.3 Å². The molecule has 106 valence electrons. The van der Waals surface area contributed by atoms with Crippen molar-refractivity contribution in [2.24, 2.45) is 0 Å². The highest BCUT2D eigenvalue weighted by atomic mass is 35.5. The monoisotopic (exact) mass is 283 g/mol. The lowest BCUT2D eigenvalue weighted by atomic mass is 9.87. The van der Waals surface area contributed by atoms with Crippen LogP contribution in [0.25, 0.3) is 0 Å². The largest absolute Gasteiger partial charge is 0.497 e. The van der Waals surface area contributed by atoms with Crippen LogP contribution >= 0.6 is 11.6 Å². The predicted octanol–water partition coefficient (Wildman–Crippen LogP) is 3.57. The van der Waals surface area contributed by atoms with Gasteiger partial charge in [-0.3, -0.25) is 0 Å². The molecule has 0 aliphatic carbocycles. The number of halogens is 1. The van der Waals surface area contributed by atoms with Crippen molar-refractivity contribution in [3.05, 3.63) is 28.8 Å². The summed E-state index contributed by atoms with van der Waals surface area (Å²) in [6.45, 7) is 5.97. The van der Waals surface area contributed by atoms with Crippen molar-refractivity contribution in [3.8, 4) is 5.75 Å². The lowest BCUT2D eigenvalue weighted by Crippen LogP contribution is -2.41. The van der Waals surface area contributed by atoms with Gasteiger partial charge in [-0.05, 0) is 44.0 Å². The molecule has 0 bridgehead atoms. The highest BCUT2D eigenvalue weighted by molar-refractivity contribution is 6.31. The van der Waals surface area contributed by atoms with Crippen LogP contribution in [0, 0.1) is 0 Å². The van der Waals surface area contributed by atoms with Crippen LogP contribution in [0.2, 0.25) is 5.02 Å². The Hall–Kier alpha value is -0.770. The minimum atomic E-state index is -0.186. The Morgan fingerprint density at radius 1 is 1.53 bits per heavy atom. The topological polar surface area (TPSA) is 30.5 Å². The van der Waals surface area contributed by atoms with E-state index in [0.29, 0.717) is 0 Å². The normalized spacial score (nSPS) is 24.4. The summed E-state index contributed by atoms with van der Waals surface area (Å²) < 4.78 is 11.2. The second-order valence-corrected chi connectivity index (χ2v) is 5.55. The van der Waals surface area contributed by atoms with Gasteiger partial charge in [-0.15, -0.1) is 0 Å². The number of benzene rings is 1. The first-order valence-electron chi connectivity index (χ1n) is 6.81. The van der Waals surface area contributed by atoms with E-state index >= 15 is 0 Å². The van der Waals surface area contributed by atoms with E-state index < -0.39 is 0 Å². The summed E-state index contributed by atoms with van der Waals surface area (Å²) in [5.74, 6) is 0.779. The molecule has 1 fully saturated rings. The Bertz CT molecular complexity index is 430. The third-order valence-corrected chi connectivity index (χ3v) is 4.11. The molecular weight excluding hydrogens is 262 g/mol. The van der Waals surface area contributed by atoms with E-state index in [-0.39, 0.29) is 11.6 Å². The second-order valence-electron chi connectivity index (χ2n) is 5.14. The molecule has 1 aliphatic rings. The van der Waals surface area contributed by atoms with Gasteiger partial charge in [0.05, 0.1) is 18.8 Å². The zero-order valence-corrected chi connectivity index (χ0v) is 12.6. The van der Waals surface area contributed by atoms with Crippen LogP contribution in [-0.4, -0.2) is 25.9 Å². The number of rotatable bonds is 5. The Morgan fingerprint density at radius 2 is 2.32 bits per heavy atom. The maximum absolute atomic E-state index is 6.40. The summed E-state index contributed by atoms with van der Waals surface area (Å²) in [6, 6.07) is 5.95. The van der Waals surface area contributed by atoms with Crippen molar-refractivity contribution in [2.75, 3.05) is 20.3 Å². The predicted molar refractivity (Wildman–Crippen MR) is 78.0 cm³/mol. The summed E-state index contributed by atoms with van der Waals surface area (Å²) in [7, 11) is 1.65. The molecule has 19 heavy (non-hydrogen) atoms. The summed E-state index contributed by atoms with van der Waals surface area (Å²) >= 11 is 6.40. The fraction of sp³-hybridized carbons (Fsp3) is 0.600. The van der Waals surface area contributed by atoms with E-state index in [1.807, 2.05) is 18.2 Å². The van der Waals surface area contributed by atoms with Gasteiger partial charge in [-0.1, -0.05) is 24.6 Å². The highest BCUT2D eigenvalue weighted by Gasteiger charge is 2.39. The molecule has 3 nitrogen and oxygen atoms in total. The first kappa shape index (κ1) is 14.6. The first-order valence-corrected chi connectivity index (χ1v) is 7.19. The number of ether oxygens (including phenoxy) is 2. The first-order chi connectivity index (χ1) is 9.10. The standard InChI is InChI=1S/C15H22ClNO2/c1-4-17-14(15(2)8-5-9-19-15)12-7-6-11(18-3)10-13(12)16/h6-7,10,14,17H,4-5,8-9H2,1-3H3. The van der Waals surface area contributed by atoms with Crippen LogP contribution in [0.15, 0.2) is 18.2 Å². The molecule has 1 heterocycles. The van der Waals surface area contributed by atoms with E-state index in [0.717, 1.165) is 42.3 Å².